The van der Waals surface area contributed by atoms with Gasteiger partial charge in [0.25, 0.3) is 0 Å². The van der Waals surface area contributed by atoms with Gasteiger partial charge in [-0.05, 0) is 76.9 Å². The Morgan fingerprint density at radius 2 is 1.51 bits per heavy atom. The number of alkyl halides is 3. The second kappa shape index (κ2) is 14.6. The van der Waals surface area contributed by atoms with Gasteiger partial charge in [0.1, 0.15) is 24.4 Å². The fraction of sp³-hybridized carbons (Fsp3) is 0.308. The third kappa shape index (κ3) is 7.96. The average Bonchev–Trinajstić information content (AvgIpc) is 3.65. The lowest BCUT2D eigenvalue weighted by Gasteiger charge is -2.38. The van der Waals surface area contributed by atoms with E-state index >= 15 is 0 Å². The minimum Gasteiger partial charge on any atom is -0.489 e. The van der Waals surface area contributed by atoms with Gasteiger partial charge in [-0.3, -0.25) is 9.59 Å². The quantitative estimate of drug-likeness (QED) is 0.184. The summed E-state index contributed by atoms with van der Waals surface area (Å²) in [6, 6.07) is 24.9. The van der Waals surface area contributed by atoms with Crippen molar-refractivity contribution in [1.29, 1.82) is 0 Å². The van der Waals surface area contributed by atoms with E-state index in [1.165, 1.54) is 12.1 Å². The maximum atomic E-state index is 14.1. The van der Waals surface area contributed by atoms with Crippen molar-refractivity contribution in [2.24, 2.45) is 5.92 Å². The van der Waals surface area contributed by atoms with E-state index in [9.17, 15) is 32.7 Å². The van der Waals surface area contributed by atoms with Gasteiger partial charge in [0.2, 0.25) is 11.8 Å². The summed E-state index contributed by atoms with van der Waals surface area (Å²) in [7, 11) is 0. The fourth-order valence-corrected chi connectivity index (χ4v) is 6.72. The van der Waals surface area contributed by atoms with Crippen molar-refractivity contribution in [3.8, 4) is 16.9 Å². The summed E-state index contributed by atoms with van der Waals surface area (Å²) in [5.74, 6) is -1.74. The molecule has 4 aromatic carbocycles. The molecular formula is C39H37F3N2O5. The zero-order chi connectivity index (χ0) is 34.5. The molecule has 1 saturated carbocycles. The van der Waals surface area contributed by atoms with Crippen LogP contribution in [0.1, 0.15) is 59.5 Å². The number of carbonyl (C=O) groups excluding carboxylic acids is 2. The van der Waals surface area contributed by atoms with Crippen molar-refractivity contribution in [1.82, 2.24) is 10.2 Å². The van der Waals surface area contributed by atoms with E-state index in [0.717, 1.165) is 60.1 Å². The number of fused-ring (bicyclic) bond motifs is 1. The highest BCUT2D eigenvalue weighted by atomic mass is 19.4. The minimum atomic E-state index is -4.44. The summed E-state index contributed by atoms with van der Waals surface area (Å²) >= 11 is 0. The molecule has 1 heterocycles. The van der Waals surface area contributed by atoms with Crippen LogP contribution in [0.25, 0.3) is 11.1 Å². The van der Waals surface area contributed by atoms with Crippen LogP contribution in [-0.2, 0) is 40.0 Å². The summed E-state index contributed by atoms with van der Waals surface area (Å²) in [6.45, 7) is 0.299. The van der Waals surface area contributed by atoms with Crippen LogP contribution < -0.4 is 10.1 Å². The first kappa shape index (κ1) is 33.8. The van der Waals surface area contributed by atoms with E-state index in [1.807, 2.05) is 60.7 Å². The van der Waals surface area contributed by atoms with E-state index in [-0.39, 0.29) is 24.9 Å². The normalized spacial score (nSPS) is 16.9. The molecule has 2 N–H and O–H groups in total. The van der Waals surface area contributed by atoms with Gasteiger partial charge in [0, 0.05) is 18.9 Å². The molecule has 4 aromatic rings. The van der Waals surface area contributed by atoms with Crippen molar-refractivity contribution in [3.05, 3.63) is 125 Å². The molecule has 0 spiro atoms. The average molecular weight is 671 g/mol. The zero-order valence-corrected chi connectivity index (χ0v) is 26.8. The van der Waals surface area contributed by atoms with Crippen LogP contribution in [-0.4, -0.2) is 40.4 Å². The number of carboxylic acid groups (broad SMARTS) is 1. The number of ether oxygens (including phenoxy) is 1. The molecular weight excluding hydrogens is 633 g/mol. The molecule has 254 valence electrons. The number of aliphatic carboxylic acids is 1. The van der Waals surface area contributed by atoms with E-state index in [0.29, 0.717) is 29.8 Å². The third-order valence-electron chi connectivity index (χ3n) is 9.38. The van der Waals surface area contributed by atoms with Crippen molar-refractivity contribution in [2.45, 2.75) is 63.4 Å². The maximum absolute atomic E-state index is 14.1. The maximum Gasteiger partial charge on any atom is 0.416 e. The molecule has 0 radical (unpaired) electrons. The Balaban J connectivity index is 1.23. The molecule has 10 heteroatoms. The first-order valence-electron chi connectivity index (χ1n) is 16.5. The number of nitrogens with one attached hydrogen (secondary N) is 1. The van der Waals surface area contributed by atoms with E-state index in [2.05, 4.69) is 5.32 Å². The first-order chi connectivity index (χ1) is 23.6. The molecule has 0 aromatic heterocycles. The van der Waals surface area contributed by atoms with E-state index in [4.69, 9.17) is 4.74 Å². The van der Waals surface area contributed by atoms with E-state index < -0.39 is 35.7 Å². The number of hydrogen-bond donors (Lipinski definition) is 2. The van der Waals surface area contributed by atoms with Gasteiger partial charge in [-0.1, -0.05) is 85.6 Å². The van der Waals surface area contributed by atoms with Crippen LogP contribution in [0.4, 0.5) is 13.2 Å². The Kier molecular flexibility index (Phi) is 10.0. The monoisotopic (exact) mass is 670 g/mol. The predicted octanol–water partition coefficient (Wildman–Crippen LogP) is 7.38. The Hall–Kier alpha value is -5.12. The molecule has 0 saturated heterocycles. The molecule has 49 heavy (non-hydrogen) atoms. The topological polar surface area (TPSA) is 95.9 Å². The summed E-state index contributed by atoms with van der Waals surface area (Å²) < 4.78 is 44.9. The molecule has 1 unspecified atom stereocenters. The number of benzene rings is 4. The number of nitrogens with zero attached hydrogens (tertiary/aromatic N) is 1. The van der Waals surface area contributed by atoms with Crippen molar-refractivity contribution < 1.29 is 37.4 Å². The number of halogens is 3. The molecule has 6 rings (SSSR count). The van der Waals surface area contributed by atoms with Crippen LogP contribution in [0, 0.1) is 5.92 Å². The molecule has 2 atom stereocenters. The van der Waals surface area contributed by atoms with Gasteiger partial charge in [0.15, 0.2) is 0 Å². The predicted molar refractivity (Wildman–Crippen MR) is 177 cm³/mol. The zero-order valence-electron chi connectivity index (χ0n) is 26.8. The smallest absolute Gasteiger partial charge is 0.416 e. The van der Waals surface area contributed by atoms with Crippen molar-refractivity contribution in [3.63, 3.8) is 0 Å². The van der Waals surface area contributed by atoms with Gasteiger partial charge in [-0.25, -0.2) is 4.79 Å². The molecule has 1 aliphatic carbocycles. The van der Waals surface area contributed by atoms with Crippen molar-refractivity contribution >= 4 is 17.8 Å². The first-order valence-corrected chi connectivity index (χ1v) is 16.5. The van der Waals surface area contributed by atoms with Crippen LogP contribution in [0.2, 0.25) is 0 Å². The highest BCUT2D eigenvalue weighted by molar-refractivity contribution is 5.92. The number of carboxylic acids is 1. The van der Waals surface area contributed by atoms with Gasteiger partial charge >= 0.3 is 12.1 Å². The SMILES string of the molecule is O=C(N[C@@H](Cc1ccc(-c2ccccc2)cc1)C(=O)O)C1c2cc(OCc3ccc(C(F)(F)F)cc3)ccc2CCN1C(=O)C1CCCC1. The lowest BCUT2D eigenvalue weighted by molar-refractivity contribution is -0.147. The minimum absolute atomic E-state index is 0.0113. The Morgan fingerprint density at radius 1 is 0.857 bits per heavy atom. The number of hydrogen-bond acceptors (Lipinski definition) is 4. The van der Waals surface area contributed by atoms with Gasteiger partial charge in [-0.2, -0.15) is 13.2 Å². The highest BCUT2D eigenvalue weighted by Crippen LogP contribution is 2.37. The summed E-state index contributed by atoms with van der Waals surface area (Å²) in [4.78, 5) is 42.0. The van der Waals surface area contributed by atoms with Crippen LogP contribution >= 0.6 is 0 Å². The van der Waals surface area contributed by atoms with Gasteiger partial charge in [0.05, 0.1) is 5.56 Å². The summed E-state index contributed by atoms with van der Waals surface area (Å²) in [5, 5.41) is 12.9. The Bertz CT molecular complexity index is 1790. The summed E-state index contributed by atoms with van der Waals surface area (Å²) in [5.41, 5.74) is 3.89. The van der Waals surface area contributed by atoms with Gasteiger partial charge in [-0.15, -0.1) is 0 Å². The Labute approximate surface area is 282 Å². The van der Waals surface area contributed by atoms with Crippen molar-refractivity contribution in [2.75, 3.05) is 6.54 Å². The number of carbonyl (C=O) groups is 3. The lowest BCUT2D eigenvalue weighted by Crippen LogP contribution is -2.52. The standard InChI is InChI=1S/C39H37F3N2O5/c40-39(41,42)31-17-12-26(13-18-31)24-49-32-19-16-29-20-21-44(37(46)30-8-4-5-9-30)35(33(29)23-32)36(45)43-34(38(47)48)22-25-10-14-28(15-11-25)27-6-2-1-3-7-27/h1-3,6-7,10-19,23,30,34-35H,4-5,8-9,20-22,24H2,(H,43,45)(H,47,48)/t34-,35?/m0/s1. The second-order valence-corrected chi connectivity index (χ2v) is 12.7. The molecule has 7 nitrogen and oxygen atoms in total. The highest BCUT2D eigenvalue weighted by Gasteiger charge is 2.40. The third-order valence-corrected chi connectivity index (χ3v) is 9.38. The number of amides is 2. The summed E-state index contributed by atoms with van der Waals surface area (Å²) in [6.07, 6.45) is -0.544. The fourth-order valence-electron chi connectivity index (χ4n) is 6.72. The second-order valence-electron chi connectivity index (χ2n) is 12.7. The van der Waals surface area contributed by atoms with Crippen LogP contribution in [0.15, 0.2) is 97.1 Å². The van der Waals surface area contributed by atoms with Crippen LogP contribution in [0.3, 0.4) is 0 Å². The van der Waals surface area contributed by atoms with Gasteiger partial charge < -0.3 is 20.1 Å². The Morgan fingerprint density at radius 3 is 2.16 bits per heavy atom. The lowest BCUT2D eigenvalue weighted by atomic mass is 9.90. The largest absolute Gasteiger partial charge is 0.489 e. The molecule has 2 aliphatic rings. The molecule has 2 amide bonds. The van der Waals surface area contributed by atoms with E-state index in [1.54, 1.807) is 17.0 Å². The number of rotatable bonds is 10. The molecule has 1 fully saturated rings. The molecule has 0 bridgehead atoms. The molecule has 1 aliphatic heterocycles. The van der Waals surface area contributed by atoms with Crippen LogP contribution in [0.5, 0.6) is 5.75 Å².